The number of rotatable bonds is 4. The Balaban J connectivity index is 1.05. The molecule has 78 heavy (non-hydrogen) atoms. The van der Waals surface area contributed by atoms with Gasteiger partial charge in [0.05, 0.1) is 101 Å². The Kier molecular flexibility index (Phi) is 8.81. The van der Waals surface area contributed by atoms with E-state index in [9.17, 15) is 0 Å². The van der Waals surface area contributed by atoms with Crippen molar-refractivity contribution in [2.24, 2.45) is 14.1 Å². The fraction of sp³-hybridized carbons (Fsp3) is 0.0286. The highest BCUT2D eigenvalue weighted by atomic mass is 15.1. The maximum Gasteiger partial charge on any atom is 0.0899 e. The molecule has 8 aromatic carbocycles. The third-order valence-corrected chi connectivity index (χ3v) is 16.6. The molecule has 0 fully saturated rings. The molecule has 0 unspecified atom stereocenters. The van der Waals surface area contributed by atoms with E-state index in [-0.39, 0.29) is 0 Å². The van der Waals surface area contributed by atoms with E-state index in [1.165, 1.54) is 43.1 Å². The van der Waals surface area contributed by atoms with E-state index in [1.54, 1.807) is 0 Å². The monoisotopic (exact) mass is 998 g/mol. The first-order valence-electron chi connectivity index (χ1n) is 26.6. The van der Waals surface area contributed by atoms with Crippen LogP contribution in [0.3, 0.4) is 0 Å². The topological polar surface area (TPSA) is 55.4 Å². The van der Waals surface area contributed by atoms with E-state index >= 15 is 0 Å². The van der Waals surface area contributed by atoms with Gasteiger partial charge in [-0.15, -0.1) is 0 Å². The first-order chi connectivity index (χ1) is 38.5. The van der Waals surface area contributed by atoms with Gasteiger partial charge in [-0.1, -0.05) is 146 Å². The summed E-state index contributed by atoms with van der Waals surface area (Å²) in [5.74, 6) is 0. The highest BCUT2D eigenvalue weighted by Gasteiger charge is 2.25. The minimum absolute atomic E-state index is 0.850. The Hall–Kier alpha value is -10.4. The second-order valence-corrected chi connectivity index (χ2v) is 20.8. The summed E-state index contributed by atoms with van der Waals surface area (Å²) >= 11 is 0. The van der Waals surface area contributed by atoms with Crippen LogP contribution in [0, 0.1) is 0 Å². The molecule has 0 radical (unpaired) electrons. The molecule has 9 heterocycles. The zero-order valence-corrected chi connectivity index (χ0v) is 42.7. The van der Waals surface area contributed by atoms with Crippen LogP contribution in [0.15, 0.2) is 231 Å². The van der Waals surface area contributed by atoms with Crippen molar-refractivity contribution in [2.75, 3.05) is 0 Å². The van der Waals surface area contributed by atoms with Crippen LogP contribution >= 0.6 is 0 Å². The van der Waals surface area contributed by atoms with Gasteiger partial charge in [0.15, 0.2) is 0 Å². The Morgan fingerprint density at radius 2 is 0.500 bits per heavy atom. The Morgan fingerprint density at radius 3 is 0.769 bits per heavy atom. The Labute approximate surface area is 446 Å². The number of para-hydroxylation sites is 8. The van der Waals surface area contributed by atoms with Gasteiger partial charge in [0, 0.05) is 68.2 Å². The van der Waals surface area contributed by atoms with E-state index in [0.29, 0.717) is 0 Å². The predicted molar refractivity (Wildman–Crippen MR) is 324 cm³/mol. The van der Waals surface area contributed by atoms with E-state index in [4.69, 9.17) is 9.97 Å². The molecule has 8 bridgehead atoms. The van der Waals surface area contributed by atoms with Gasteiger partial charge in [-0.25, -0.2) is 9.97 Å². The van der Waals surface area contributed by atoms with Crippen LogP contribution in [0.2, 0.25) is 0 Å². The van der Waals surface area contributed by atoms with Gasteiger partial charge in [-0.05, 0) is 97.1 Å². The molecule has 0 N–H and O–H groups in total. The quantitative estimate of drug-likeness (QED) is 0.176. The van der Waals surface area contributed by atoms with Crippen molar-refractivity contribution in [3.05, 3.63) is 253 Å². The first-order valence-corrected chi connectivity index (χ1v) is 26.6. The molecule has 0 saturated carbocycles. The molecule has 0 saturated heterocycles. The maximum atomic E-state index is 5.70. The molecule has 0 atom stereocenters. The van der Waals surface area contributed by atoms with Crippen LogP contribution < -0.4 is 0 Å². The highest BCUT2D eigenvalue weighted by molar-refractivity contribution is 6.15. The van der Waals surface area contributed by atoms with Crippen LogP contribution in [-0.4, -0.2) is 37.4 Å². The van der Waals surface area contributed by atoms with Crippen molar-refractivity contribution in [3.8, 4) is 11.4 Å². The van der Waals surface area contributed by atoms with Crippen molar-refractivity contribution in [1.29, 1.82) is 0 Å². The molecule has 0 spiro atoms. The number of benzene rings is 8. The molecule has 2 aliphatic rings. The zero-order chi connectivity index (χ0) is 51.3. The lowest BCUT2D eigenvalue weighted by molar-refractivity contribution is 1.00. The predicted octanol–water partition coefficient (Wildman–Crippen LogP) is 16.8. The molecule has 2 aliphatic heterocycles. The number of nitrogens with zero attached hydrogens (tertiary/aromatic N) is 8. The van der Waals surface area contributed by atoms with Crippen molar-refractivity contribution in [1.82, 2.24) is 37.4 Å². The molecule has 15 aromatic rings. The van der Waals surface area contributed by atoms with E-state index in [2.05, 4.69) is 284 Å². The summed E-state index contributed by atoms with van der Waals surface area (Å²) in [5.41, 5.74) is 20.7. The standard InChI is InChI=1S/C70H46N8/c1-73-45-39-55-65(75-57-27-11-3-19-47(57)48-20-4-12-28-58(48)75)36-44(72-55)38-68-70(78-63-33-17-9-25-53(63)54-26-10-18-34-64(54)78)42-46(74(68)2)40-56-66(76-59-29-13-5-21-49(59)50-22-6-14-30-60(50)76)35-43(71-56)37-67(73)69(41-45)77-61-31-15-7-23-51(61)52-24-8-16-32-62(52)77/h3-42H,1-2H3. The summed E-state index contributed by atoms with van der Waals surface area (Å²) in [5, 5.41) is 9.63. The summed E-state index contributed by atoms with van der Waals surface area (Å²) in [6.07, 6.45) is 4.56. The van der Waals surface area contributed by atoms with Crippen LogP contribution in [0.1, 0.15) is 22.8 Å². The second kappa shape index (κ2) is 16.0. The molecule has 0 aliphatic carbocycles. The summed E-state index contributed by atoms with van der Waals surface area (Å²) in [7, 11) is 4.36. The first kappa shape index (κ1) is 42.9. The van der Waals surface area contributed by atoms with Gasteiger partial charge in [0.25, 0.3) is 0 Å². The fourth-order valence-corrected chi connectivity index (χ4v) is 13.1. The smallest absolute Gasteiger partial charge is 0.0899 e. The maximum absolute atomic E-state index is 5.70. The van der Waals surface area contributed by atoms with Gasteiger partial charge in [0.2, 0.25) is 0 Å². The summed E-state index contributed by atoms with van der Waals surface area (Å²) in [6, 6.07) is 83.7. The highest BCUT2D eigenvalue weighted by Crippen LogP contribution is 2.42. The van der Waals surface area contributed by atoms with E-state index in [1.807, 2.05) is 0 Å². The van der Waals surface area contributed by atoms with Gasteiger partial charge in [-0.3, -0.25) is 0 Å². The van der Waals surface area contributed by atoms with Crippen molar-refractivity contribution in [3.63, 3.8) is 0 Å². The minimum atomic E-state index is 0.850. The lowest BCUT2D eigenvalue weighted by Gasteiger charge is -2.09. The minimum Gasteiger partial charge on any atom is -0.343 e. The zero-order valence-electron chi connectivity index (χ0n) is 42.7. The van der Waals surface area contributed by atoms with Crippen LogP contribution in [0.25, 0.3) is 144 Å². The number of aromatic nitrogens is 8. The Morgan fingerprint density at radius 1 is 0.256 bits per heavy atom. The fourth-order valence-electron chi connectivity index (χ4n) is 13.1. The lowest BCUT2D eigenvalue weighted by Crippen LogP contribution is -1.97. The van der Waals surface area contributed by atoms with Crippen molar-refractivity contribution in [2.45, 2.75) is 0 Å². The summed E-state index contributed by atoms with van der Waals surface area (Å²) in [6.45, 7) is 0. The second-order valence-electron chi connectivity index (χ2n) is 20.8. The molecule has 17 rings (SSSR count). The average molecular weight is 999 g/mol. The molecule has 8 heteroatoms. The van der Waals surface area contributed by atoms with Crippen LogP contribution in [-0.2, 0) is 14.1 Å². The largest absolute Gasteiger partial charge is 0.343 e. The SMILES string of the molecule is Cn1c2cc3nc(cc4c(-n5c6ccccc6c6ccccc65)cc(cc5nc(cc1c(-n1c6ccccc6c6ccccc61)c2)C=C5n1c2ccccc2c2ccccc21)n4C)C=C3n1c2ccccc2c2ccccc21. The number of aryl methyl sites for hydroxylation is 2. The molecular formula is C70H46N8. The Bertz CT molecular complexity index is 4820. The average Bonchev–Trinajstić information content (AvgIpc) is 4.53. The molecule has 7 aromatic heterocycles. The molecular weight excluding hydrogens is 953 g/mol. The molecule has 366 valence electrons. The number of fused-ring (bicyclic) bond motifs is 20. The van der Waals surface area contributed by atoms with Crippen LogP contribution in [0.4, 0.5) is 0 Å². The van der Waals surface area contributed by atoms with Gasteiger partial charge in [0.1, 0.15) is 0 Å². The van der Waals surface area contributed by atoms with Crippen molar-refractivity contribution < 1.29 is 0 Å². The van der Waals surface area contributed by atoms with Gasteiger partial charge in [-0.2, -0.15) is 0 Å². The third-order valence-electron chi connectivity index (χ3n) is 16.6. The lowest BCUT2D eigenvalue weighted by atomic mass is 10.2. The van der Waals surface area contributed by atoms with Crippen molar-refractivity contribution >= 4 is 133 Å². The van der Waals surface area contributed by atoms with Gasteiger partial charge < -0.3 is 27.4 Å². The molecule has 8 nitrogen and oxygen atoms in total. The van der Waals surface area contributed by atoms with Crippen LogP contribution in [0.5, 0.6) is 0 Å². The molecule has 0 amide bonds. The van der Waals surface area contributed by atoms with E-state index in [0.717, 1.165) is 112 Å². The number of hydrogen-bond acceptors (Lipinski definition) is 2. The number of hydrogen-bond donors (Lipinski definition) is 0. The van der Waals surface area contributed by atoms with Gasteiger partial charge >= 0.3 is 0 Å². The summed E-state index contributed by atoms with van der Waals surface area (Å²) in [4.78, 5) is 11.4. The van der Waals surface area contributed by atoms with E-state index < -0.39 is 0 Å². The third kappa shape index (κ3) is 5.99. The summed E-state index contributed by atoms with van der Waals surface area (Å²) < 4.78 is 14.3. The normalized spacial score (nSPS) is 12.9.